The summed E-state index contributed by atoms with van der Waals surface area (Å²) in [6.45, 7) is 2.74. The fourth-order valence-corrected chi connectivity index (χ4v) is 1.63. The zero-order valence-corrected chi connectivity index (χ0v) is 8.62. The molecule has 0 saturated heterocycles. The van der Waals surface area contributed by atoms with Crippen molar-refractivity contribution in [2.75, 3.05) is 11.9 Å². The zero-order chi connectivity index (χ0) is 9.80. The number of hydrogen-bond donors (Lipinski definition) is 1. The summed E-state index contributed by atoms with van der Waals surface area (Å²) in [5, 5.41) is 3.50. The van der Waals surface area contributed by atoms with E-state index >= 15 is 0 Å². The molecule has 0 radical (unpaired) electrons. The highest BCUT2D eigenvalue weighted by Crippen LogP contribution is 2.25. The van der Waals surface area contributed by atoms with Gasteiger partial charge in [0.15, 0.2) is 0 Å². The first-order chi connectivity index (χ1) is 6.88. The standard InChI is InChI=1S/C12H17NO/c1-2-14-12-8-4-7-11(9-12)13-10-5-3-6-10/h4,7-10,13H,2-3,5-6H2,1H3. The van der Waals surface area contributed by atoms with Gasteiger partial charge in [0.2, 0.25) is 0 Å². The van der Waals surface area contributed by atoms with Crippen LogP contribution in [-0.2, 0) is 0 Å². The minimum atomic E-state index is 0.687. The lowest BCUT2D eigenvalue weighted by Crippen LogP contribution is -2.26. The van der Waals surface area contributed by atoms with Crippen LogP contribution < -0.4 is 10.1 Å². The Balaban J connectivity index is 1.97. The van der Waals surface area contributed by atoms with Crippen molar-refractivity contribution >= 4 is 5.69 Å². The molecule has 0 spiro atoms. The lowest BCUT2D eigenvalue weighted by atomic mass is 9.93. The van der Waals surface area contributed by atoms with E-state index in [9.17, 15) is 0 Å². The number of ether oxygens (including phenoxy) is 1. The van der Waals surface area contributed by atoms with Crippen molar-refractivity contribution in [2.24, 2.45) is 0 Å². The molecule has 0 unspecified atom stereocenters. The average Bonchev–Trinajstić information content (AvgIpc) is 2.13. The van der Waals surface area contributed by atoms with Crippen LogP contribution in [0, 0.1) is 0 Å². The van der Waals surface area contributed by atoms with Gasteiger partial charge >= 0.3 is 0 Å². The Bertz CT molecular complexity index is 294. The van der Waals surface area contributed by atoms with Gasteiger partial charge in [-0.25, -0.2) is 0 Å². The maximum absolute atomic E-state index is 5.44. The van der Waals surface area contributed by atoms with Crippen LogP contribution in [0.1, 0.15) is 26.2 Å². The fourth-order valence-electron chi connectivity index (χ4n) is 1.63. The molecule has 14 heavy (non-hydrogen) atoms. The molecule has 1 N–H and O–H groups in total. The predicted molar refractivity (Wildman–Crippen MR) is 58.9 cm³/mol. The van der Waals surface area contributed by atoms with E-state index in [1.807, 2.05) is 19.1 Å². The SMILES string of the molecule is CCOc1cccc(NC2CCC2)c1. The minimum Gasteiger partial charge on any atom is -0.494 e. The molecule has 1 aliphatic rings. The van der Waals surface area contributed by atoms with Crippen molar-refractivity contribution in [2.45, 2.75) is 32.2 Å². The molecule has 2 rings (SSSR count). The van der Waals surface area contributed by atoms with E-state index in [1.54, 1.807) is 0 Å². The maximum Gasteiger partial charge on any atom is 0.121 e. The average molecular weight is 191 g/mol. The fraction of sp³-hybridized carbons (Fsp3) is 0.500. The Labute approximate surface area is 85.3 Å². The van der Waals surface area contributed by atoms with Crippen LogP contribution in [-0.4, -0.2) is 12.6 Å². The van der Waals surface area contributed by atoms with E-state index in [2.05, 4.69) is 17.4 Å². The lowest BCUT2D eigenvalue weighted by molar-refractivity contribution is 0.340. The first-order valence-electron chi connectivity index (χ1n) is 5.38. The van der Waals surface area contributed by atoms with Gasteiger partial charge < -0.3 is 10.1 Å². The van der Waals surface area contributed by atoms with Crippen LogP contribution in [0.3, 0.4) is 0 Å². The van der Waals surface area contributed by atoms with Crippen molar-refractivity contribution in [3.8, 4) is 5.75 Å². The molecule has 0 amide bonds. The molecule has 0 heterocycles. The van der Waals surface area contributed by atoms with E-state index in [0.29, 0.717) is 6.04 Å². The van der Waals surface area contributed by atoms with Crippen LogP contribution in [0.25, 0.3) is 0 Å². The summed E-state index contributed by atoms with van der Waals surface area (Å²) in [4.78, 5) is 0. The van der Waals surface area contributed by atoms with Crippen molar-refractivity contribution in [3.05, 3.63) is 24.3 Å². The van der Waals surface area contributed by atoms with E-state index in [1.165, 1.54) is 24.9 Å². The summed E-state index contributed by atoms with van der Waals surface area (Å²) in [5.74, 6) is 0.955. The summed E-state index contributed by atoms with van der Waals surface area (Å²) in [5.41, 5.74) is 1.18. The summed E-state index contributed by atoms with van der Waals surface area (Å²) < 4.78 is 5.44. The van der Waals surface area contributed by atoms with Gasteiger partial charge in [0.25, 0.3) is 0 Å². The Kier molecular flexibility index (Phi) is 2.92. The normalized spacial score (nSPS) is 16.1. The molecule has 76 valence electrons. The molecule has 1 aromatic rings. The third-order valence-corrected chi connectivity index (χ3v) is 2.62. The Morgan fingerprint density at radius 2 is 2.29 bits per heavy atom. The van der Waals surface area contributed by atoms with Crippen LogP contribution in [0.4, 0.5) is 5.69 Å². The maximum atomic E-state index is 5.44. The minimum absolute atomic E-state index is 0.687. The lowest BCUT2D eigenvalue weighted by Gasteiger charge is -2.27. The summed E-state index contributed by atoms with van der Waals surface area (Å²) in [7, 11) is 0. The van der Waals surface area contributed by atoms with Gasteiger partial charge in [0, 0.05) is 17.8 Å². The highest BCUT2D eigenvalue weighted by atomic mass is 16.5. The third kappa shape index (κ3) is 2.19. The molecule has 2 heteroatoms. The van der Waals surface area contributed by atoms with E-state index in [-0.39, 0.29) is 0 Å². The van der Waals surface area contributed by atoms with Crippen LogP contribution in [0.15, 0.2) is 24.3 Å². The van der Waals surface area contributed by atoms with Crippen LogP contribution in [0.2, 0.25) is 0 Å². The van der Waals surface area contributed by atoms with Gasteiger partial charge in [-0.1, -0.05) is 6.07 Å². The quantitative estimate of drug-likeness (QED) is 0.789. The molecule has 0 atom stereocenters. The zero-order valence-electron chi connectivity index (χ0n) is 8.62. The second-order valence-electron chi connectivity index (χ2n) is 3.73. The van der Waals surface area contributed by atoms with Gasteiger partial charge in [0.05, 0.1) is 6.61 Å². The number of nitrogens with one attached hydrogen (secondary N) is 1. The number of rotatable bonds is 4. The second-order valence-corrected chi connectivity index (χ2v) is 3.73. The van der Waals surface area contributed by atoms with Gasteiger partial charge in [0.1, 0.15) is 5.75 Å². The molecular formula is C12H17NO. The second kappa shape index (κ2) is 4.36. The molecule has 1 aliphatic carbocycles. The monoisotopic (exact) mass is 191 g/mol. The highest BCUT2D eigenvalue weighted by Gasteiger charge is 2.16. The first-order valence-corrected chi connectivity index (χ1v) is 5.38. The van der Waals surface area contributed by atoms with Crippen LogP contribution >= 0.6 is 0 Å². The number of anilines is 1. The summed E-state index contributed by atoms with van der Waals surface area (Å²) >= 11 is 0. The van der Waals surface area contributed by atoms with Gasteiger partial charge in [-0.2, -0.15) is 0 Å². The van der Waals surface area contributed by atoms with Gasteiger partial charge in [-0.05, 0) is 38.3 Å². The molecule has 0 aromatic heterocycles. The smallest absolute Gasteiger partial charge is 0.121 e. The number of hydrogen-bond acceptors (Lipinski definition) is 2. The topological polar surface area (TPSA) is 21.3 Å². The largest absolute Gasteiger partial charge is 0.494 e. The van der Waals surface area contributed by atoms with Crippen molar-refractivity contribution in [1.29, 1.82) is 0 Å². The third-order valence-electron chi connectivity index (χ3n) is 2.62. The van der Waals surface area contributed by atoms with E-state index in [4.69, 9.17) is 4.74 Å². The Hall–Kier alpha value is -1.18. The van der Waals surface area contributed by atoms with Gasteiger partial charge in [-0.3, -0.25) is 0 Å². The summed E-state index contributed by atoms with van der Waals surface area (Å²) in [6.07, 6.45) is 3.97. The molecule has 1 fully saturated rings. The highest BCUT2D eigenvalue weighted by molar-refractivity contribution is 5.49. The summed E-state index contributed by atoms with van der Waals surface area (Å²) in [6, 6.07) is 8.89. The van der Waals surface area contributed by atoms with E-state index in [0.717, 1.165) is 12.4 Å². The van der Waals surface area contributed by atoms with Crippen molar-refractivity contribution in [3.63, 3.8) is 0 Å². The van der Waals surface area contributed by atoms with Crippen molar-refractivity contribution < 1.29 is 4.74 Å². The van der Waals surface area contributed by atoms with Gasteiger partial charge in [-0.15, -0.1) is 0 Å². The Morgan fingerprint density at radius 3 is 2.93 bits per heavy atom. The molecule has 1 aromatic carbocycles. The molecule has 0 bridgehead atoms. The predicted octanol–water partition coefficient (Wildman–Crippen LogP) is 3.05. The van der Waals surface area contributed by atoms with Crippen LogP contribution in [0.5, 0.6) is 5.75 Å². The Morgan fingerprint density at radius 1 is 1.43 bits per heavy atom. The molecule has 2 nitrogen and oxygen atoms in total. The molecule has 0 aliphatic heterocycles. The molecule has 1 saturated carbocycles. The van der Waals surface area contributed by atoms with E-state index < -0.39 is 0 Å². The van der Waals surface area contributed by atoms with Crippen molar-refractivity contribution in [1.82, 2.24) is 0 Å². The number of benzene rings is 1. The first kappa shape index (κ1) is 9.38. The molecular weight excluding hydrogens is 174 g/mol.